The van der Waals surface area contributed by atoms with E-state index < -0.39 is 6.61 Å². The number of amides is 1. The number of carbonyl (C=O) groups excluding carboxylic acids is 1. The number of methoxy groups -OCH3 is 1. The molecule has 2 N–H and O–H groups in total. The summed E-state index contributed by atoms with van der Waals surface area (Å²) in [7, 11) is 1.37. The summed E-state index contributed by atoms with van der Waals surface area (Å²) in [6, 6.07) is 11.7. The van der Waals surface area contributed by atoms with Crippen LogP contribution in [0.1, 0.15) is 11.1 Å². The molecule has 27 heavy (non-hydrogen) atoms. The van der Waals surface area contributed by atoms with Gasteiger partial charge in [0, 0.05) is 17.0 Å². The third kappa shape index (κ3) is 4.68. The van der Waals surface area contributed by atoms with Gasteiger partial charge in [-0.3, -0.25) is 4.79 Å². The van der Waals surface area contributed by atoms with Gasteiger partial charge in [0.25, 0.3) is 0 Å². The lowest BCUT2D eigenvalue weighted by Crippen LogP contribution is -2.29. The fraction of sp³-hybridized carbons (Fsp3) is 0.222. The Morgan fingerprint density at radius 3 is 2.63 bits per heavy atom. The molecule has 9 heteroatoms. The van der Waals surface area contributed by atoms with Crippen molar-refractivity contribution < 1.29 is 23.0 Å². The number of hydrogen-bond acceptors (Lipinski definition) is 6. The molecule has 0 atom stereocenters. The van der Waals surface area contributed by atoms with Gasteiger partial charge in [-0.25, -0.2) is 5.01 Å². The van der Waals surface area contributed by atoms with E-state index in [0.717, 1.165) is 17.3 Å². The molecule has 0 saturated carbocycles. The van der Waals surface area contributed by atoms with Gasteiger partial charge in [-0.05, 0) is 35.9 Å². The Bertz CT molecular complexity index is 859. The summed E-state index contributed by atoms with van der Waals surface area (Å²) in [5.74, 6) is 0.479. The van der Waals surface area contributed by atoms with Crippen molar-refractivity contribution in [1.82, 2.24) is 5.01 Å². The van der Waals surface area contributed by atoms with Crippen LogP contribution >= 0.6 is 11.8 Å². The maximum absolute atomic E-state index is 12.5. The predicted octanol–water partition coefficient (Wildman–Crippen LogP) is 3.95. The number of halogens is 2. The molecule has 1 aliphatic rings. The normalized spacial score (nSPS) is 14.3. The highest BCUT2D eigenvalue weighted by molar-refractivity contribution is 8.14. The zero-order valence-corrected chi connectivity index (χ0v) is 15.2. The third-order valence-electron chi connectivity index (χ3n) is 3.81. The highest BCUT2D eigenvalue weighted by Crippen LogP contribution is 2.31. The zero-order chi connectivity index (χ0) is 19.4. The summed E-state index contributed by atoms with van der Waals surface area (Å²) in [6.07, 6.45) is 0. The first-order valence-electron chi connectivity index (χ1n) is 7.95. The lowest BCUT2D eigenvalue weighted by molar-refractivity contribution is -0.0512. The highest BCUT2D eigenvalue weighted by atomic mass is 32.2. The molecule has 0 aromatic heterocycles. The van der Waals surface area contributed by atoms with Crippen molar-refractivity contribution in [1.29, 1.82) is 0 Å². The van der Waals surface area contributed by atoms with Crippen molar-refractivity contribution in [3.8, 4) is 11.5 Å². The molecule has 6 nitrogen and oxygen atoms in total. The van der Waals surface area contributed by atoms with Crippen LogP contribution in [0.25, 0.3) is 0 Å². The maximum atomic E-state index is 12.5. The number of hydrogen-bond donors (Lipinski definition) is 1. The number of nitrogens with zero attached hydrogens (tertiary/aromatic N) is 2. The SMILES string of the molecule is COc1cc(C2=NN(Cc3ccc(N)cc3)C(=O)SC2)ccc1OC(F)F. The van der Waals surface area contributed by atoms with Gasteiger partial charge in [-0.2, -0.15) is 13.9 Å². The lowest BCUT2D eigenvalue weighted by Gasteiger charge is -2.23. The molecule has 0 saturated heterocycles. The number of rotatable bonds is 6. The molecule has 2 aromatic rings. The van der Waals surface area contributed by atoms with Crippen molar-refractivity contribution in [3.05, 3.63) is 53.6 Å². The van der Waals surface area contributed by atoms with Gasteiger partial charge >= 0.3 is 11.9 Å². The number of benzene rings is 2. The Balaban J connectivity index is 1.84. The molecule has 0 spiro atoms. The topological polar surface area (TPSA) is 77.1 Å². The first kappa shape index (κ1) is 19.0. The van der Waals surface area contributed by atoms with Gasteiger partial charge in [0.15, 0.2) is 11.5 Å². The van der Waals surface area contributed by atoms with Crippen molar-refractivity contribution in [2.24, 2.45) is 5.10 Å². The van der Waals surface area contributed by atoms with E-state index in [1.165, 1.54) is 18.2 Å². The molecule has 0 unspecified atom stereocenters. The minimum absolute atomic E-state index is 0.0601. The zero-order valence-electron chi connectivity index (χ0n) is 14.4. The number of thioether (sulfide) groups is 1. The number of nitrogen functional groups attached to an aromatic ring is 1. The number of alkyl halides is 2. The second-order valence-corrected chi connectivity index (χ2v) is 6.57. The summed E-state index contributed by atoms with van der Waals surface area (Å²) in [5.41, 5.74) is 8.50. The Morgan fingerprint density at radius 1 is 1.22 bits per heavy atom. The first-order valence-corrected chi connectivity index (χ1v) is 8.94. The van der Waals surface area contributed by atoms with E-state index in [1.54, 1.807) is 24.3 Å². The summed E-state index contributed by atoms with van der Waals surface area (Å²) >= 11 is 1.12. The number of nitrogens with two attached hydrogens (primary N) is 1. The van der Waals surface area contributed by atoms with E-state index in [2.05, 4.69) is 9.84 Å². The summed E-state index contributed by atoms with van der Waals surface area (Å²) in [4.78, 5) is 12.2. The smallest absolute Gasteiger partial charge is 0.387 e. The standard InChI is InChI=1S/C18H17F2N3O3S/c1-25-16-8-12(4-7-15(16)26-17(19)20)14-10-27-18(24)23(22-14)9-11-2-5-13(21)6-3-11/h2-8,17H,9-10,21H2,1H3. The van der Waals surface area contributed by atoms with Crippen molar-refractivity contribution >= 4 is 28.4 Å². The first-order chi connectivity index (χ1) is 13.0. The second kappa shape index (κ2) is 8.26. The summed E-state index contributed by atoms with van der Waals surface area (Å²) in [5, 5.41) is 5.62. The highest BCUT2D eigenvalue weighted by Gasteiger charge is 2.23. The van der Waals surface area contributed by atoms with Crippen molar-refractivity contribution in [2.75, 3.05) is 18.6 Å². The molecular formula is C18H17F2N3O3S. The monoisotopic (exact) mass is 393 g/mol. The van der Waals surface area contributed by atoms with Gasteiger partial charge < -0.3 is 15.2 Å². The predicted molar refractivity (Wildman–Crippen MR) is 100 cm³/mol. The van der Waals surface area contributed by atoms with Crippen LogP contribution in [0.15, 0.2) is 47.6 Å². The van der Waals surface area contributed by atoms with Crippen LogP contribution in [-0.4, -0.2) is 35.4 Å². The van der Waals surface area contributed by atoms with Gasteiger partial charge in [-0.1, -0.05) is 23.9 Å². The quantitative estimate of drug-likeness (QED) is 0.752. The molecule has 1 aliphatic heterocycles. The molecular weight excluding hydrogens is 376 g/mol. The Kier molecular flexibility index (Phi) is 5.80. The van der Waals surface area contributed by atoms with Gasteiger partial charge in [0.2, 0.25) is 0 Å². The van der Waals surface area contributed by atoms with Crippen LogP contribution < -0.4 is 15.2 Å². The van der Waals surface area contributed by atoms with Crippen LogP contribution in [-0.2, 0) is 6.54 Å². The van der Waals surface area contributed by atoms with Crippen LogP contribution in [0, 0.1) is 0 Å². The Morgan fingerprint density at radius 2 is 1.96 bits per heavy atom. The minimum Gasteiger partial charge on any atom is -0.493 e. The summed E-state index contributed by atoms with van der Waals surface area (Å²) in [6.45, 7) is -2.64. The van der Waals surface area contributed by atoms with Crippen molar-refractivity contribution in [3.63, 3.8) is 0 Å². The fourth-order valence-corrected chi connectivity index (χ4v) is 3.24. The average Bonchev–Trinajstić information content (AvgIpc) is 2.65. The van der Waals surface area contributed by atoms with Crippen molar-refractivity contribution in [2.45, 2.75) is 13.2 Å². The fourth-order valence-electron chi connectivity index (χ4n) is 2.50. The van der Waals surface area contributed by atoms with Gasteiger partial charge in [0.05, 0.1) is 19.4 Å². The molecule has 0 bridgehead atoms. The molecule has 142 valence electrons. The third-order valence-corrected chi connectivity index (χ3v) is 4.68. The maximum Gasteiger partial charge on any atom is 0.387 e. The van der Waals surface area contributed by atoms with Crippen LogP contribution in [0.4, 0.5) is 19.3 Å². The van der Waals surface area contributed by atoms with E-state index in [0.29, 0.717) is 29.3 Å². The van der Waals surface area contributed by atoms with E-state index in [-0.39, 0.29) is 16.7 Å². The molecule has 3 rings (SSSR count). The number of anilines is 1. The van der Waals surface area contributed by atoms with Crippen LogP contribution in [0.2, 0.25) is 0 Å². The molecule has 0 radical (unpaired) electrons. The van der Waals surface area contributed by atoms with E-state index in [9.17, 15) is 13.6 Å². The number of ether oxygens (including phenoxy) is 2. The summed E-state index contributed by atoms with van der Waals surface area (Å²) < 4.78 is 34.5. The van der Waals surface area contributed by atoms with Gasteiger partial charge in [-0.15, -0.1) is 0 Å². The molecule has 0 fully saturated rings. The second-order valence-electron chi connectivity index (χ2n) is 5.64. The molecule has 1 amide bonds. The lowest BCUT2D eigenvalue weighted by atomic mass is 10.1. The molecule has 0 aliphatic carbocycles. The minimum atomic E-state index is -2.94. The largest absolute Gasteiger partial charge is 0.493 e. The number of hydrazone groups is 1. The molecule has 2 aromatic carbocycles. The van der Waals surface area contributed by atoms with E-state index in [1.807, 2.05) is 12.1 Å². The van der Waals surface area contributed by atoms with Crippen LogP contribution in [0.5, 0.6) is 11.5 Å². The molecule has 1 heterocycles. The van der Waals surface area contributed by atoms with E-state index in [4.69, 9.17) is 10.5 Å². The van der Waals surface area contributed by atoms with Gasteiger partial charge in [0.1, 0.15) is 0 Å². The van der Waals surface area contributed by atoms with Crippen LogP contribution in [0.3, 0.4) is 0 Å². The Hall–Kier alpha value is -2.81. The Labute approximate surface area is 158 Å². The van der Waals surface area contributed by atoms with E-state index >= 15 is 0 Å². The average molecular weight is 393 g/mol. The number of carbonyl (C=O) groups is 1.